The molecule has 3 aromatic carbocycles. The summed E-state index contributed by atoms with van der Waals surface area (Å²) in [5.41, 5.74) is 5.55. The van der Waals surface area contributed by atoms with Gasteiger partial charge in [0.15, 0.2) is 0 Å². The fourth-order valence-corrected chi connectivity index (χ4v) is 3.79. The molecule has 5 rings (SSSR count). The summed E-state index contributed by atoms with van der Waals surface area (Å²) in [4.78, 5) is 12.8. The minimum atomic E-state index is -0.0958. The number of benzene rings is 3. The average molecular weight is 422 g/mol. The van der Waals surface area contributed by atoms with E-state index in [1.165, 1.54) is 0 Å². The molecule has 0 aliphatic carbocycles. The summed E-state index contributed by atoms with van der Waals surface area (Å²) in [5.74, 6) is 0.792. The van der Waals surface area contributed by atoms with Gasteiger partial charge in [0.1, 0.15) is 6.54 Å². The Balaban J connectivity index is 1.46. The smallest absolute Gasteiger partial charge is 0.250 e. The summed E-state index contributed by atoms with van der Waals surface area (Å²) in [6.45, 7) is 4.17. The standard InChI is InChI=1S/C26H22N4O2/c1-17-12-13-18(2)22(14-17)27-24(31)16-30-15-21(20-10-6-7-11-23(20)30)26-29-28-25(32-26)19-8-4-3-5-9-19/h3-15H,16H2,1-2H3,(H,27,31). The third-order valence-electron chi connectivity index (χ3n) is 5.45. The molecule has 0 bridgehead atoms. The van der Waals surface area contributed by atoms with Gasteiger partial charge in [-0.05, 0) is 49.2 Å². The van der Waals surface area contributed by atoms with Gasteiger partial charge < -0.3 is 14.3 Å². The van der Waals surface area contributed by atoms with E-state index in [1.54, 1.807) is 0 Å². The van der Waals surface area contributed by atoms with Crippen molar-refractivity contribution in [3.8, 4) is 22.9 Å². The second kappa shape index (κ2) is 8.15. The Morgan fingerprint density at radius 3 is 2.53 bits per heavy atom. The monoisotopic (exact) mass is 422 g/mol. The van der Waals surface area contributed by atoms with Gasteiger partial charge in [-0.2, -0.15) is 0 Å². The first-order valence-electron chi connectivity index (χ1n) is 10.4. The molecular weight excluding hydrogens is 400 g/mol. The Morgan fingerprint density at radius 1 is 0.938 bits per heavy atom. The number of anilines is 1. The van der Waals surface area contributed by atoms with Gasteiger partial charge in [0.25, 0.3) is 0 Å². The number of hydrogen-bond acceptors (Lipinski definition) is 4. The van der Waals surface area contributed by atoms with Crippen LogP contribution in [0.1, 0.15) is 11.1 Å². The zero-order valence-electron chi connectivity index (χ0n) is 17.9. The van der Waals surface area contributed by atoms with Crippen molar-refractivity contribution in [2.24, 2.45) is 0 Å². The molecule has 0 fully saturated rings. The van der Waals surface area contributed by atoms with E-state index in [0.29, 0.717) is 11.8 Å². The van der Waals surface area contributed by atoms with Crippen LogP contribution in [0.4, 0.5) is 5.69 Å². The van der Waals surface area contributed by atoms with Crippen LogP contribution < -0.4 is 5.32 Å². The molecule has 6 heteroatoms. The summed E-state index contributed by atoms with van der Waals surface area (Å²) in [7, 11) is 0. The quantitative estimate of drug-likeness (QED) is 0.399. The molecule has 0 aliphatic rings. The van der Waals surface area contributed by atoms with E-state index < -0.39 is 0 Å². The molecule has 0 spiro atoms. The zero-order valence-corrected chi connectivity index (χ0v) is 17.9. The average Bonchev–Trinajstić information content (AvgIpc) is 3.42. The predicted octanol–water partition coefficient (Wildman–Crippen LogP) is 5.61. The SMILES string of the molecule is Cc1ccc(C)c(NC(=O)Cn2cc(-c3nnc(-c4ccccc4)o3)c3ccccc32)c1. The minimum absolute atomic E-state index is 0.0958. The molecule has 0 saturated heterocycles. The number of carbonyl (C=O) groups excluding carboxylic acids is 1. The molecule has 0 aliphatic heterocycles. The Bertz CT molecular complexity index is 1420. The first-order chi connectivity index (χ1) is 15.6. The number of carbonyl (C=O) groups is 1. The van der Waals surface area contributed by atoms with E-state index in [9.17, 15) is 4.79 Å². The van der Waals surface area contributed by atoms with Crippen LogP contribution in [0, 0.1) is 13.8 Å². The highest BCUT2D eigenvalue weighted by molar-refractivity contribution is 5.97. The number of aryl methyl sites for hydroxylation is 2. The van der Waals surface area contributed by atoms with Gasteiger partial charge >= 0.3 is 0 Å². The van der Waals surface area contributed by atoms with Crippen LogP contribution in [0.25, 0.3) is 33.8 Å². The summed E-state index contributed by atoms with van der Waals surface area (Å²) >= 11 is 0. The molecule has 0 atom stereocenters. The number of fused-ring (bicyclic) bond motifs is 1. The lowest BCUT2D eigenvalue weighted by Crippen LogP contribution is -2.18. The lowest BCUT2D eigenvalue weighted by molar-refractivity contribution is -0.116. The number of aromatic nitrogens is 3. The first kappa shape index (κ1) is 19.8. The lowest BCUT2D eigenvalue weighted by atomic mass is 10.1. The van der Waals surface area contributed by atoms with Crippen LogP contribution >= 0.6 is 0 Å². The molecule has 158 valence electrons. The second-order valence-corrected chi connectivity index (χ2v) is 7.83. The lowest BCUT2D eigenvalue weighted by Gasteiger charge is -2.10. The molecule has 0 saturated carbocycles. The van der Waals surface area contributed by atoms with Gasteiger partial charge in [0.2, 0.25) is 17.7 Å². The van der Waals surface area contributed by atoms with Crippen molar-refractivity contribution >= 4 is 22.5 Å². The maximum absolute atomic E-state index is 12.8. The Morgan fingerprint density at radius 2 is 1.69 bits per heavy atom. The normalized spacial score (nSPS) is 11.1. The summed E-state index contributed by atoms with van der Waals surface area (Å²) < 4.78 is 7.88. The Labute approximate surface area is 185 Å². The first-order valence-corrected chi connectivity index (χ1v) is 10.4. The summed E-state index contributed by atoms with van der Waals surface area (Å²) in [6, 6.07) is 23.6. The number of para-hydroxylation sites is 1. The van der Waals surface area contributed by atoms with Crippen molar-refractivity contribution in [3.63, 3.8) is 0 Å². The van der Waals surface area contributed by atoms with Crippen molar-refractivity contribution in [2.45, 2.75) is 20.4 Å². The Kier molecular flexibility index (Phi) is 5.03. The third-order valence-corrected chi connectivity index (χ3v) is 5.45. The van der Waals surface area contributed by atoms with Crippen LogP contribution in [0.2, 0.25) is 0 Å². The zero-order chi connectivity index (χ0) is 22.1. The molecule has 1 N–H and O–H groups in total. The van der Waals surface area contributed by atoms with Gasteiger partial charge in [-0.3, -0.25) is 4.79 Å². The number of rotatable bonds is 5. The van der Waals surface area contributed by atoms with Crippen molar-refractivity contribution in [2.75, 3.05) is 5.32 Å². The largest absolute Gasteiger partial charge is 0.416 e. The van der Waals surface area contributed by atoms with E-state index in [-0.39, 0.29) is 12.5 Å². The van der Waals surface area contributed by atoms with Gasteiger partial charge in [-0.25, -0.2) is 0 Å². The summed E-state index contributed by atoms with van der Waals surface area (Å²) in [6.07, 6.45) is 1.90. The topological polar surface area (TPSA) is 73.0 Å². The predicted molar refractivity (Wildman–Crippen MR) is 125 cm³/mol. The van der Waals surface area contributed by atoms with Gasteiger partial charge in [-0.15, -0.1) is 10.2 Å². The third kappa shape index (κ3) is 3.78. The maximum atomic E-state index is 12.8. The second-order valence-electron chi connectivity index (χ2n) is 7.83. The van der Waals surface area contributed by atoms with Gasteiger partial charge in [0.05, 0.1) is 5.56 Å². The maximum Gasteiger partial charge on any atom is 0.250 e. The summed E-state index contributed by atoms with van der Waals surface area (Å²) in [5, 5.41) is 12.5. The highest BCUT2D eigenvalue weighted by Crippen LogP contribution is 2.31. The van der Waals surface area contributed by atoms with E-state index in [0.717, 1.165) is 38.8 Å². The molecule has 6 nitrogen and oxygen atoms in total. The van der Waals surface area contributed by atoms with Gasteiger partial charge in [0, 0.05) is 28.4 Å². The van der Waals surface area contributed by atoms with E-state index in [2.05, 4.69) is 15.5 Å². The fraction of sp³-hybridized carbons (Fsp3) is 0.115. The van der Waals surface area contributed by atoms with Crippen LogP contribution in [-0.4, -0.2) is 20.7 Å². The molecule has 32 heavy (non-hydrogen) atoms. The van der Waals surface area contributed by atoms with E-state index >= 15 is 0 Å². The van der Waals surface area contributed by atoms with Crippen LogP contribution in [0.15, 0.2) is 83.4 Å². The fourth-order valence-electron chi connectivity index (χ4n) is 3.79. The number of nitrogens with zero attached hydrogens (tertiary/aromatic N) is 3. The molecule has 0 radical (unpaired) electrons. The highest BCUT2D eigenvalue weighted by Gasteiger charge is 2.18. The number of nitrogens with one attached hydrogen (secondary N) is 1. The minimum Gasteiger partial charge on any atom is -0.416 e. The van der Waals surface area contributed by atoms with Crippen LogP contribution in [-0.2, 0) is 11.3 Å². The Hall–Kier alpha value is -4.19. The van der Waals surface area contributed by atoms with Gasteiger partial charge in [-0.1, -0.05) is 48.5 Å². The molecule has 0 unspecified atom stereocenters. The van der Waals surface area contributed by atoms with E-state index in [1.807, 2.05) is 97.4 Å². The van der Waals surface area contributed by atoms with Crippen LogP contribution in [0.5, 0.6) is 0 Å². The molecule has 5 aromatic rings. The van der Waals surface area contributed by atoms with Crippen molar-refractivity contribution in [1.82, 2.24) is 14.8 Å². The van der Waals surface area contributed by atoms with Crippen molar-refractivity contribution < 1.29 is 9.21 Å². The highest BCUT2D eigenvalue weighted by atomic mass is 16.4. The molecule has 2 aromatic heterocycles. The number of hydrogen-bond donors (Lipinski definition) is 1. The van der Waals surface area contributed by atoms with Crippen LogP contribution in [0.3, 0.4) is 0 Å². The molecule has 1 amide bonds. The van der Waals surface area contributed by atoms with Crippen molar-refractivity contribution in [3.05, 3.63) is 90.1 Å². The number of amides is 1. The molecule has 2 heterocycles. The molecular formula is C26H22N4O2. The van der Waals surface area contributed by atoms with E-state index in [4.69, 9.17) is 4.42 Å². The van der Waals surface area contributed by atoms with Crippen molar-refractivity contribution in [1.29, 1.82) is 0 Å².